The van der Waals surface area contributed by atoms with Crippen molar-refractivity contribution in [2.45, 2.75) is 63.5 Å². The number of aromatic nitrogens is 1. The molecule has 3 nitrogen and oxygen atoms in total. The van der Waals surface area contributed by atoms with E-state index in [1.807, 2.05) is 25.6 Å². The summed E-state index contributed by atoms with van der Waals surface area (Å²) >= 11 is 0. The van der Waals surface area contributed by atoms with Gasteiger partial charge in [0.2, 0.25) is 0 Å². The Bertz CT molecular complexity index is 374. The minimum Gasteiger partial charge on any atom is -0.377 e. The fourth-order valence-corrected chi connectivity index (χ4v) is 3.36. The Morgan fingerprint density at radius 1 is 1.35 bits per heavy atom. The van der Waals surface area contributed by atoms with Crippen molar-refractivity contribution in [3.05, 3.63) is 30.1 Å². The van der Waals surface area contributed by atoms with E-state index >= 15 is 0 Å². The van der Waals surface area contributed by atoms with E-state index in [1.165, 1.54) is 37.7 Å². The SMILES string of the molecule is CCCNC(Cc1cccnc1)C1(OC)CCCCC1. The summed E-state index contributed by atoms with van der Waals surface area (Å²) in [7, 11) is 1.88. The standard InChI is InChI=1S/C17H28N2O/c1-3-11-19-16(13-15-8-7-12-18-14-15)17(20-2)9-5-4-6-10-17/h7-8,12,14,16,19H,3-6,9-11,13H2,1-2H3. The number of nitrogens with zero attached hydrogens (tertiary/aromatic N) is 1. The van der Waals surface area contributed by atoms with Crippen LogP contribution in [0.3, 0.4) is 0 Å². The van der Waals surface area contributed by atoms with Crippen LogP contribution in [0.1, 0.15) is 51.0 Å². The van der Waals surface area contributed by atoms with Crippen LogP contribution in [-0.2, 0) is 11.2 Å². The van der Waals surface area contributed by atoms with Gasteiger partial charge in [0, 0.05) is 25.5 Å². The van der Waals surface area contributed by atoms with Gasteiger partial charge in [-0.2, -0.15) is 0 Å². The van der Waals surface area contributed by atoms with Crippen molar-refractivity contribution in [3.8, 4) is 0 Å². The third-order valence-corrected chi connectivity index (χ3v) is 4.54. The maximum Gasteiger partial charge on any atom is 0.0834 e. The van der Waals surface area contributed by atoms with Crippen molar-refractivity contribution >= 4 is 0 Å². The van der Waals surface area contributed by atoms with Gasteiger partial charge in [-0.1, -0.05) is 32.3 Å². The van der Waals surface area contributed by atoms with Crippen molar-refractivity contribution in [2.24, 2.45) is 0 Å². The smallest absolute Gasteiger partial charge is 0.0834 e. The molecule has 20 heavy (non-hydrogen) atoms. The summed E-state index contributed by atoms with van der Waals surface area (Å²) in [6.07, 6.45) is 12.2. The molecule has 3 heteroatoms. The maximum absolute atomic E-state index is 6.03. The molecule has 0 spiro atoms. The van der Waals surface area contributed by atoms with Gasteiger partial charge in [-0.15, -0.1) is 0 Å². The monoisotopic (exact) mass is 276 g/mol. The highest BCUT2D eigenvalue weighted by atomic mass is 16.5. The predicted molar refractivity (Wildman–Crippen MR) is 82.8 cm³/mol. The summed E-state index contributed by atoms with van der Waals surface area (Å²) in [5.74, 6) is 0. The van der Waals surface area contributed by atoms with Crippen LogP contribution < -0.4 is 5.32 Å². The van der Waals surface area contributed by atoms with Crippen molar-refractivity contribution in [1.29, 1.82) is 0 Å². The van der Waals surface area contributed by atoms with E-state index in [4.69, 9.17) is 4.74 Å². The topological polar surface area (TPSA) is 34.2 Å². The van der Waals surface area contributed by atoms with Crippen molar-refractivity contribution < 1.29 is 4.74 Å². The van der Waals surface area contributed by atoms with Crippen LogP contribution >= 0.6 is 0 Å². The lowest BCUT2D eigenvalue weighted by Crippen LogP contribution is -2.54. The number of hydrogen-bond donors (Lipinski definition) is 1. The number of methoxy groups -OCH3 is 1. The van der Waals surface area contributed by atoms with Gasteiger partial charge in [-0.25, -0.2) is 0 Å². The van der Waals surface area contributed by atoms with Crippen LogP contribution in [0.25, 0.3) is 0 Å². The first kappa shape index (κ1) is 15.5. The fourth-order valence-electron chi connectivity index (χ4n) is 3.36. The van der Waals surface area contributed by atoms with E-state index in [2.05, 4.69) is 23.3 Å². The summed E-state index contributed by atoms with van der Waals surface area (Å²) < 4.78 is 6.03. The number of nitrogens with one attached hydrogen (secondary N) is 1. The Kier molecular flexibility index (Phi) is 5.99. The lowest BCUT2D eigenvalue weighted by molar-refractivity contribution is -0.0672. The first-order valence-electron chi connectivity index (χ1n) is 7.98. The molecule has 0 amide bonds. The average Bonchev–Trinajstić information content (AvgIpc) is 2.53. The zero-order valence-corrected chi connectivity index (χ0v) is 12.9. The first-order chi connectivity index (χ1) is 9.80. The average molecular weight is 276 g/mol. The summed E-state index contributed by atoms with van der Waals surface area (Å²) in [6, 6.07) is 4.57. The third kappa shape index (κ3) is 3.80. The molecule has 1 heterocycles. The molecule has 1 aliphatic rings. The molecule has 2 rings (SSSR count). The molecule has 1 aromatic heterocycles. The van der Waals surface area contributed by atoms with E-state index in [0.717, 1.165) is 19.4 Å². The highest BCUT2D eigenvalue weighted by Gasteiger charge is 2.39. The molecule has 1 N–H and O–H groups in total. The molecular weight excluding hydrogens is 248 g/mol. The van der Waals surface area contributed by atoms with E-state index < -0.39 is 0 Å². The third-order valence-electron chi connectivity index (χ3n) is 4.54. The van der Waals surface area contributed by atoms with E-state index in [-0.39, 0.29) is 5.60 Å². The molecule has 0 aliphatic heterocycles. The molecule has 112 valence electrons. The van der Waals surface area contributed by atoms with E-state index in [1.54, 1.807) is 0 Å². The van der Waals surface area contributed by atoms with Crippen LogP contribution in [-0.4, -0.2) is 30.3 Å². The Balaban J connectivity index is 2.12. The molecule has 1 aromatic rings. The van der Waals surface area contributed by atoms with Crippen LogP contribution in [0.5, 0.6) is 0 Å². The Morgan fingerprint density at radius 3 is 2.75 bits per heavy atom. The molecule has 0 bridgehead atoms. The van der Waals surface area contributed by atoms with Gasteiger partial charge in [-0.3, -0.25) is 4.98 Å². The highest BCUT2D eigenvalue weighted by molar-refractivity contribution is 5.13. The first-order valence-corrected chi connectivity index (χ1v) is 7.98. The number of hydrogen-bond acceptors (Lipinski definition) is 3. The lowest BCUT2D eigenvalue weighted by Gasteiger charge is -2.43. The molecule has 1 unspecified atom stereocenters. The van der Waals surface area contributed by atoms with Crippen LogP contribution in [0, 0.1) is 0 Å². The van der Waals surface area contributed by atoms with Gasteiger partial charge in [0.25, 0.3) is 0 Å². The van der Waals surface area contributed by atoms with Crippen molar-refractivity contribution in [3.63, 3.8) is 0 Å². The van der Waals surface area contributed by atoms with Gasteiger partial charge >= 0.3 is 0 Å². The second-order valence-electron chi connectivity index (χ2n) is 5.90. The maximum atomic E-state index is 6.03. The second kappa shape index (κ2) is 7.75. The zero-order chi connectivity index (χ0) is 14.3. The highest BCUT2D eigenvalue weighted by Crippen LogP contribution is 2.35. The minimum absolute atomic E-state index is 0.00324. The van der Waals surface area contributed by atoms with Gasteiger partial charge in [0.05, 0.1) is 5.60 Å². The van der Waals surface area contributed by atoms with E-state index in [9.17, 15) is 0 Å². The quantitative estimate of drug-likeness (QED) is 0.829. The molecule has 1 saturated carbocycles. The Morgan fingerprint density at radius 2 is 2.15 bits per heavy atom. The molecule has 0 radical (unpaired) electrons. The second-order valence-corrected chi connectivity index (χ2v) is 5.90. The van der Waals surface area contributed by atoms with E-state index in [0.29, 0.717) is 6.04 Å². The molecular formula is C17H28N2O. The Hall–Kier alpha value is -0.930. The lowest BCUT2D eigenvalue weighted by atomic mass is 9.77. The number of rotatable bonds is 7. The zero-order valence-electron chi connectivity index (χ0n) is 12.9. The van der Waals surface area contributed by atoms with Gasteiger partial charge < -0.3 is 10.1 Å². The van der Waals surface area contributed by atoms with Gasteiger partial charge in [0.15, 0.2) is 0 Å². The van der Waals surface area contributed by atoms with Crippen LogP contribution in [0.4, 0.5) is 0 Å². The normalized spacial score (nSPS) is 19.7. The molecule has 0 saturated heterocycles. The number of pyridine rings is 1. The molecule has 0 aromatic carbocycles. The van der Waals surface area contributed by atoms with Crippen LogP contribution in [0.2, 0.25) is 0 Å². The summed E-state index contributed by atoms with van der Waals surface area (Å²) in [6.45, 7) is 3.27. The summed E-state index contributed by atoms with van der Waals surface area (Å²) in [5.41, 5.74) is 1.30. The van der Waals surface area contributed by atoms with Crippen molar-refractivity contribution in [1.82, 2.24) is 10.3 Å². The summed E-state index contributed by atoms with van der Waals surface area (Å²) in [4.78, 5) is 4.24. The predicted octanol–water partition coefficient (Wildman–Crippen LogP) is 3.34. The fraction of sp³-hybridized carbons (Fsp3) is 0.706. The molecule has 1 atom stereocenters. The van der Waals surface area contributed by atoms with Gasteiger partial charge in [-0.05, 0) is 43.9 Å². The Labute approximate surface area is 123 Å². The molecule has 1 fully saturated rings. The van der Waals surface area contributed by atoms with Gasteiger partial charge in [0.1, 0.15) is 0 Å². The van der Waals surface area contributed by atoms with Crippen LogP contribution in [0.15, 0.2) is 24.5 Å². The largest absolute Gasteiger partial charge is 0.377 e. The summed E-state index contributed by atoms with van der Waals surface area (Å²) in [5, 5.41) is 3.73. The minimum atomic E-state index is 0.00324. The molecule has 1 aliphatic carbocycles. The number of ether oxygens (including phenoxy) is 1. The van der Waals surface area contributed by atoms with Crippen molar-refractivity contribution in [2.75, 3.05) is 13.7 Å².